The third kappa shape index (κ3) is 4.33. The first-order valence-electron chi connectivity index (χ1n) is 6.58. The number of nitrogens with zero attached hydrogens (tertiary/aromatic N) is 1. The van der Waals surface area contributed by atoms with Crippen molar-refractivity contribution in [3.8, 4) is 0 Å². The van der Waals surface area contributed by atoms with Gasteiger partial charge in [-0.05, 0) is 30.2 Å². The molecule has 0 saturated heterocycles. The zero-order valence-corrected chi connectivity index (χ0v) is 13.5. The van der Waals surface area contributed by atoms with Crippen LogP contribution in [0.15, 0.2) is 34.5 Å². The fourth-order valence-corrected chi connectivity index (χ4v) is 3.69. The molecule has 7 heteroatoms. The third-order valence-electron chi connectivity index (χ3n) is 2.92. The molecule has 0 amide bonds. The van der Waals surface area contributed by atoms with E-state index in [0.717, 1.165) is 22.8 Å². The molecule has 1 N–H and O–H groups in total. The molecule has 4 nitrogen and oxygen atoms in total. The largest absolute Gasteiger partial charge is 0.246 e. The van der Waals surface area contributed by atoms with Gasteiger partial charge in [-0.2, -0.15) is 0 Å². The fraction of sp³-hybridized carbons (Fsp3) is 0.357. The Kier molecular flexibility index (Phi) is 5.08. The van der Waals surface area contributed by atoms with Gasteiger partial charge in [0.05, 0.1) is 15.6 Å². The number of rotatable bonds is 6. The van der Waals surface area contributed by atoms with Crippen LogP contribution in [0.1, 0.15) is 30.5 Å². The van der Waals surface area contributed by atoms with Crippen LogP contribution in [0, 0.1) is 5.82 Å². The van der Waals surface area contributed by atoms with Crippen molar-refractivity contribution in [3.05, 3.63) is 46.2 Å². The van der Waals surface area contributed by atoms with Crippen LogP contribution in [0.25, 0.3) is 0 Å². The van der Waals surface area contributed by atoms with Crippen LogP contribution in [0.2, 0.25) is 0 Å². The molecule has 0 fully saturated rings. The predicted molar refractivity (Wildman–Crippen MR) is 81.5 cm³/mol. The van der Waals surface area contributed by atoms with E-state index in [1.807, 2.05) is 5.38 Å². The highest BCUT2D eigenvalue weighted by Crippen LogP contribution is 2.18. The SMILES string of the molecule is CC(C)c1csc(CCNS(=O)(=O)c2ccc(F)cc2)n1. The summed E-state index contributed by atoms with van der Waals surface area (Å²) >= 11 is 1.53. The molecule has 0 aliphatic carbocycles. The number of sulfonamides is 1. The van der Waals surface area contributed by atoms with Gasteiger partial charge in [-0.25, -0.2) is 22.5 Å². The maximum absolute atomic E-state index is 12.8. The number of benzene rings is 1. The average Bonchev–Trinajstić information content (AvgIpc) is 2.88. The quantitative estimate of drug-likeness (QED) is 0.887. The van der Waals surface area contributed by atoms with Crippen molar-refractivity contribution in [1.82, 2.24) is 9.71 Å². The van der Waals surface area contributed by atoms with Crippen LogP contribution in [0.4, 0.5) is 4.39 Å². The maximum Gasteiger partial charge on any atom is 0.240 e. The van der Waals surface area contributed by atoms with Crippen LogP contribution in [-0.4, -0.2) is 19.9 Å². The summed E-state index contributed by atoms with van der Waals surface area (Å²) in [6, 6.07) is 4.75. The summed E-state index contributed by atoms with van der Waals surface area (Å²) in [6.45, 7) is 4.40. The molecule has 0 bridgehead atoms. The van der Waals surface area contributed by atoms with E-state index >= 15 is 0 Å². The molecule has 0 spiro atoms. The van der Waals surface area contributed by atoms with Crippen LogP contribution in [0.3, 0.4) is 0 Å². The first kappa shape index (κ1) is 16.1. The first-order valence-corrected chi connectivity index (χ1v) is 8.94. The molecule has 0 aliphatic rings. The van der Waals surface area contributed by atoms with E-state index in [9.17, 15) is 12.8 Å². The van der Waals surface area contributed by atoms with Crippen molar-refractivity contribution in [2.75, 3.05) is 6.54 Å². The fourth-order valence-electron chi connectivity index (χ4n) is 1.69. The van der Waals surface area contributed by atoms with Gasteiger partial charge >= 0.3 is 0 Å². The topological polar surface area (TPSA) is 59.1 Å². The van der Waals surface area contributed by atoms with Gasteiger partial charge in [-0.15, -0.1) is 11.3 Å². The zero-order valence-electron chi connectivity index (χ0n) is 11.8. The molecule has 0 unspecified atom stereocenters. The van der Waals surface area contributed by atoms with Crippen molar-refractivity contribution in [2.24, 2.45) is 0 Å². The normalized spacial score (nSPS) is 12.0. The van der Waals surface area contributed by atoms with Gasteiger partial charge in [0, 0.05) is 18.3 Å². The molecule has 1 heterocycles. The van der Waals surface area contributed by atoms with E-state index in [1.54, 1.807) is 0 Å². The van der Waals surface area contributed by atoms with Gasteiger partial charge in [0.1, 0.15) is 5.82 Å². The minimum Gasteiger partial charge on any atom is -0.246 e. The number of hydrogen-bond acceptors (Lipinski definition) is 4. The van der Waals surface area contributed by atoms with Gasteiger partial charge in [-0.3, -0.25) is 0 Å². The van der Waals surface area contributed by atoms with Crippen molar-refractivity contribution in [1.29, 1.82) is 0 Å². The van der Waals surface area contributed by atoms with Gasteiger partial charge in [0.2, 0.25) is 10.0 Å². The lowest BCUT2D eigenvalue weighted by atomic mass is 10.2. The van der Waals surface area contributed by atoms with Gasteiger partial charge < -0.3 is 0 Å². The highest BCUT2D eigenvalue weighted by atomic mass is 32.2. The van der Waals surface area contributed by atoms with Gasteiger partial charge in [0.25, 0.3) is 0 Å². The standard InChI is InChI=1S/C14H17FN2O2S2/c1-10(2)13-9-20-14(17-13)7-8-16-21(18,19)12-5-3-11(15)4-6-12/h3-6,9-10,16H,7-8H2,1-2H3. The third-order valence-corrected chi connectivity index (χ3v) is 5.32. The Morgan fingerprint density at radius 3 is 2.52 bits per heavy atom. The Balaban J connectivity index is 1.94. The van der Waals surface area contributed by atoms with E-state index in [4.69, 9.17) is 0 Å². The van der Waals surface area contributed by atoms with Crippen molar-refractivity contribution in [3.63, 3.8) is 0 Å². The summed E-state index contributed by atoms with van der Waals surface area (Å²) in [5, 5.41) is 2.90. The number of nitrogens with one attached hydrogen (secondary N) is 1. The summed E-state index contributed by atoms with van der Waals surface area (Å²) in [4.78, 5) is 4.51. The summed E-state index contributed by atoms with van der Waals surface area (Å²) in [5.41, 5.74) is 1.02. The summed E-state index contributed by atoms with van der Waals surface area (Å²) < 4.78 is 39.3. The van der Waals surface area contributed by atoms with E-state index in [2.05, 4.69) is 23.6 Å². The number of aromatic nitrogens is 1. The minimum absolute atomic E-state index is 0.0610. The zero-order chi connectivity index (χ0) is 15.5. The molecule has 2 aromatic rings. The number of hydrogen-bond donors (Lipinski definition) is 1. The first-order chi connectivity index (χ1) is 9.88. The summed E-state index contributed by atoms with van der Waals surface area (Å²) in [5.74, 6) is -0.0937. The lowest BCUT2D eigenvalue weighted by Gasteiger charge is -2.05. The van der Waals surface area contributed by atoms with Crippen molar-refractivity contribution < 1.29 is 12.8 Å². The molecule has 1 aromatic carbocycles. The number of thiazole rings is 1. The molecule has 21 heavy (non-hydrogen) atoms. The smallest absolute Gasteiger partial charge is 0.240 e. The molecule has 0 aliphatic heterocycles. The molecule has 0 saturated carbocycles. The number of halogens is 1. The molecular weight excluding hydrogens is 311 g/mol. The highest BCUT2D eigenvalue weighted by Gasteiger charge is 2.14. The Labute approximate surface area is 128 Å². The van der Waals surface area contributed by atoms with E-state index in [1.165, 1.54) is 23.5 Å². The molecule has 0 radical (unpaired) electrons. The maximum atomic E-state index is 12.8. The average molecular weight is 328 g/mol. The Morgan fingerprint density at radius 1 is 1.29 bits per heavy atom. The predicted octanol–water partition coefficient (Wildman–Crippen LogP) is 2.93. The second-order valence-corrected chi connectivity index (χ2v) is 7.63. The van der Waals surface area contributed by atoms with Gasteiger partial charge in [-0.1, -0.05) is 13.8 Å². The van der Waals surface area contributed by atoms with E-state index in [0.29, 0.717) is 12.3 Å². The Hall–Kier alpha value is -1.31. The van der Waals surface area contributed by atoms with Crippen LogP contribution < -0.4 is 4.72 Å². The lowest BCUT2D eigenvalue weighted by Crippen LogP contribution is -2.26. The van der Waals surface area contributed by atoms with Crippen molar-refractivity contribution >= 4 is 21.4 Å². The Morgan fingerprint density at radius 2 is 1.95 bits per heavy atom. The van der Waals surface area contributed by atoms with Gasteiger partial charge in [0.15, 0.2) is 0 Å². The lowest BCUT2D eigenvalue weighted by molar-refractivity contribution is 0.580. The van der Waals surface area contributed by atoms with E-state index in [-0.39, 0.29) is 11.4 Å². The summed E-state index contributed by atoms with van der Waals surface area (Å²) in [7, 11) is -3.60. The highest BCUT2D eigenvalue weighted by molar-refractivity contribution is 7.89. The van der Waals surface area contributed by atoms with Crippen LogP contribution in [0.5, 0.6) is 0 Å². The molecule has 0 atom stereocenters. The molecular formula is C14H17FN2O2S2. The minimum atomic E-state index is -3.60. The second kappa shape index (κ2) is 6.64. The van der Waals surface area contributed by atoms with E-state index < -0.39 is 15.8 Å². The van der Waals surface area contributed by atoms with Crippen LogP contribution >= 0.6 is 11.3 Å². The monoisotopic (exact) mass is 328 g/mol. The molecule has 2 rings (SSSR count). The molecule has 114 valence electrons. The second-order valence-electron chi connectivity index (χ2n) is 4.92. The van der Waals surface area contributed by atoms with Crippen molar-refractivity contribution in [2.45, 2.75) is 31.1 Å². The van der Waals surface area contributed by atoms with Crippen LogP contribution in [-0.2, 0) is 16.4 Å². The Bertz CT molecular complexity index is 694. The summed E-state index contributed by atoms with van der Waals surface area (Å²) in [6.07, 6.45) is 0.539. The molecule has 1 aromatic heterocycles.